The fourth-order valence-corrected chi connectivity index (χ4v) is 3.25. The first-order valence-electron chi connectivity index (χ1n) is 8.90. The standard InChI is InChI=1S/C19H23FN4O2/c1-24-17(13-7-9-14(20)10-8-13)11-16(23-24)19(26)21-12-18(25)22-15-5-3-2-4-6-15/h7-11,15H,2-6,12H2,1H3,(H,21,26)(H,22,25). The molecule has 26 heavy (non-hydrogen) atoms. The quantitative estimate of drug-likeness (QED) is 0.862. The summed E-state index contributed by atoms with van der Waals surface area (Å²) in [6.07, 6.45) is 5.50. The Morgan fingerprint density at radius 2 is 1.88 bits per heavy atom. The Bertz CT molecular complexity index is 779. The van der Waals surface area contributed by atoms with Crippen molar-refractivity contribution in [1.29, 1.82) is 0 Å². The minimum Gasteiger partial charge on any atom is -0.352 e. The fraction of sp³-hybridized carbons (Fsp3) is 0.421. The van der Waals surface area contributed by atoms with Crippen LogP contribution in [0, 0.1) is 5.82 Å². The first-order chi connectivity index (χ1) is 12.5. The molecular weight excluding hydrogens is 335 g/mol. The van der Waals surface area contributed by atoms with Gasteiger partial charge in [-0.05, 0) is 48.7 Å². The zero-order chi connectivity index (χ0) is 18.5. The molecule has 0 aliphatic heterocycles. The highest BCUT2D eigenvalue weighted by atomic mass is 19.1. The van der Waals surface area contributed by atoms with Crippen LogP contribution in [0.2, 0.25) is 0 Å². The van der Waals surface area contributed by atoms with E-state index in [0.29, 0.717) is 5.69 Å². The van der Waals surface area contributed by atoms with Crippen LogP contribution in [0.4, 0.5) is 4.39 Å². The molecule has 1 aliphatic carbocycles. The molecule has 1 aromatic heterocycles. The first-order valence-corrected chi connectivity index (χ1v) is 8.90. The molecule has 1 aromatic carbocycles. The molecule has 2 aromatic rings. The maximum absolute atomic E-state index is 13.1. The van der Waals surface area contributed by atoms with Crippen LogP contribution < -0.4 is 10.6 Å². The van der Waals surface area contributed by atoms with E-state index >= 15 is 0 Å². The summed E-state index contributed by atoms with van der Waals surface area (Å²) in [5.74, 6) is -0.912. The van der Waals surface area contributed by atoms with Crippen molar-refractivity contribution in [2.75, 3.05) is 6.54 Å². The Hall–Kier alpha value is -2.70. The second-order valence-corrected chi connectivity index (χ2v) is 6.63. The van der Waals surface area contributed by atoms with Gasteiger partial charge in [0.05, 0.1) is 12.2 Å². The third-order valence-electron chi connectivity index (χ3n) is 4.63. The van der Waals surface area contributed by atoms with E-state index in [2.05, 4.69) is 15.7 Å². The molecule has 2 amide bonds. The third-order valence-corrected chi connectivity index (χ3v) is 4.63. The van der Waals surface area contributed by atoms with Gasteiger partial charge in [0.1, 0.15) is 5.82 Å². The highest BCUT2D eigenvalue weighted by molar-refractivity contribution is 5.95. The molecule has 0 bridgehead atoms. The number of nitrogens with zero attached hydrogens (tertiary/aromatic N) is 2. The van der Waals surface area contributed by atoms with Crippen molar-refractivity contribution in [3.63, 3.8) is 0 Å². The maximum atomic E-state index is 13.1. The summed E-state index contributed by atoms with van der Waals surface area (Å²) >= 11 is 0. The number of halogens is 1. The van der Waals surface area contributed by atoms with E-state index in [0.717, 1.165) is 31.2 Å². The number of rotatable bonds is 5. The lowest BCUT2D eigenvalue weighted by Gasteiger charge is -2.22. The molecule has 0 saturated heterocycles. The lowest BCUT2D eigenvalue weighted by atomic mass is 9.95. The van der Waals surface area contributed by atoms with Gasteiger partial charge in [-0.3, -0.25) is 14.3 Å². The number of amides is 2. The van der Waals surface area contributed by atoms with Gasteiger partial charge in [0.15, 0.2) is 5.69 Å². The van der Waals surface area contributed by atoms with Crippen LogP contribution >= 0.6 is 0 Å². The first kappa shape index (κ1) is 18.1. The number of nitrogens with one attached hydrogen (secondary N) is 2. The lowest BCUT2D eigenvalue weighted by Crippen LogP contribution is -2.42. The summed E-state index contributed by atoms with van der Waals surface area (Å²) in [7, 11) is 1.71. The monoisotopic (exact) mass is 358 g/mol. The average Bonchev–Trinajstić information content (AvgIpc) is 3.03. The van der Waals surface area contributed by atoms with Crippen LogP contribution in [0.1, 0.15) is 42.6 Å². The summed E-state index contributed by atoms with van der Waals surface area (Å²) in [5.41, 5.74) is 1.68. The van der Waals surface area contributed by atoms with Crippen molar-refractivity contribution < 1.29 is 14.0 Å². The number of aryl methyl sites for hydroxylation is 1. The van der Waals surface area contributed by atoms with Gasteiger partial charge in [0.2, 0.25) is 5.91 Å². The van der Waals surface area contributed by atoms with E-state index in [1.165, 1.54) is 18.6 Å². The minimum absolute atomic E-state index is 0.0716. The molecule has 1 aliphatic rings. The van der Waals surface area contributed by atoms with Crippen LogP contribution in [-0.4, -0.2) is 34.2 Å². The normalized spacial score (nSPS) is 14.8. The van der Waals surface area contributed by atoms with Gasteiger partial charge in [-0.1, -0.05) is 19.3 Å². The highest BCUT2D eigenvalue weighted by Gasteiger charge is 2.18. The molecule has 1 saturated carbocycles. The van der Waals surface area contributed by atoms with E-state index < -0.39 is 5.91 Å². The Balaban J connectivity index is 1.57. The Morgan fingerprint density at radius 1 is 1.19 bits per heavy atom. The van der Waals surface area contributed by atoms with E-state index in [1.54, 1.807) is 29.9 Å². The van der Waals surface area contributed by atoms with Crippen molar-refractivity contribution in [2.45, 2.75) is 38.1 Å². The number of benzene rings is 1. The number of carbonyl (C=O) groups is 2. The van der Waals surface area contributed by atoms with Crippen LogP contribution in [0.5, 0.6) is 0 Å². The zero-order valence-corrected chi connectivity index (χ0v) is 14.8. The smallest absolute Gasteiger partial charge is 0.272 e. The molecule has 138 valence electrons. The molecule has 1 heterocycles. The summed E-state index contributed by atoms with van der Waals surface area (Å²) in [4.78, 5) is 24.3. The molecular formula is C19H23FN4O2. The molecule has 7 heteroatoms. The molecule has 2 N–H and O–H groups in total. The van der Waals surface area contributed by atoms with Crippen molar-refractivity contribution in [3.05, 3.63) is 41.8 Å². The molecule has 0 unspecified atom stereocenters. The number of aromatic nitrogens is 2. The summed E-state index contributed by atoms with van der Waals surface area (Å²) in [5, 5.41) is 9.74. The van der Waals surface area contributed by atoms with Crippen LogP contribution in [0.15, 0.2) is 30.3 Å². The van der Waals surface area contributed by atoms with Gasteiger partial charge in [0, 0.05) is 13.1 Å². The predicted octanol–water partition coefficient (Wildman–Crippen LogP) is 2.40. The van der Waals surface area contributed by atoms with E-state index in [4.69, 9.17) is 0 Å². The van der Waals surface area contributed by atoms with E-state index in [1.807, 2.05) is 0 Å². The van der Waals surface area contributed by atoms with Gasteiger partial charge in [-0.2, -0.15) is 5.10 Å². The Morgan fingerprint density at radius 3 is 2.58 bits per heavy atom. The Labute approximate surface area is 151 Å². The van der Waals surface area contributed by atoms with Gasteiger partial charge < -0.3 is 10.6 Å². The maximum Gasteiger partial charge on any atom is 0.272 e. The number of carbonyl (C=O) groups excluding carboxylic acids is 2. The van der Waals surface area contributed by atoms with E-state index in [9.17, 15) is 14.0 Å². The van der Waals surface area contributed by atoms with Crippen LogP contribution in [0.25, 0.3) is 11.3 Å². The van der Waals surface area contributed by atoms with Crippen molar-refractivity contribution >= 4 is 11.8 Å². The van der Waals surface area contributed by atoms with Gasteiger partial charge >= 0.3 is 0 Å². The molecule has 3 rings (SSSR count). The Kier molecular flexibility index (Phi) is 5.65. The van der Waals surface area contributed by atoms with Crippen molar-refractivity contribution in [2.24, 2.45) is 7.05 Å². The second kappa shape index (κ2) is 8.12. The fourth-order valence-electron chi connectivity index (χ4n) is 3.25. The second-order valence-electron chi connectivity index (χ2n) is 6.63. The van der Waals surface area contributed by atoms with Crippen LogP contribution in [0.3, 0.4) is 0 Å². The van der Waals surface area contributed by atoms with Crippen LogP contribution in [-0.2, 0) is 11.8 Å². The van der Waals surface area contributed by atoms with Gasteiger partial charge in [-0.15, -0.1) is 0 Å². The summed E-state index contributed by atoms with van der Waals surface area (Å²) in [6, 6.07) is 7.82. The number of hydrogen-bond donors (Lipinski definition) is 2. The van der Waals surface area contributed by atoms with E-state index in [-0.39, 0.29) is 30.0 Å². The lowest BCUT2D eigenvalue weighted by molar-refractivity contribution is -0.121. The van der Waals surface area contributed by atoms with Crippen molar-refractivity contribution in [1.82, 2.24) is 20.4 Å². The molecule has 6 nitrogen and oxygen atoms in total. The predicted molar refractivity (Wildman–Crippen MR) is 96.0 cm³/mol. The number of hydrogen-bond acceptors (Lipinski definition) is 3. The van der Waals surface area contributed by atoms with Gasteiger partial charge in [-0.25, -0.2) is 4.39 Å². The SMILES string of the molecule is Cn1nc(C(=O)NCC(=O)NC2CCCCC2)cc1-c1ccc(F)cc1. The topological polar surface area (TPSA) is 76.0 Å². The summed E-state index contributed by atoms with van der Waals surface area (Å²) < 4.78 is 14.6. The van der Waals surface area contributed by atoms with Crippen molar-refractivity contribution in [3.8, 4) is 11.3 Å². The summed E-state index contributed by atoms with van der Waals surface area (Å²) in [6.45, 7) is -0.0716. The largest absolute Gasteiger partial charge is 0.352 e. The minimum atomic E-state index is -0.409. The molecule has 1 fully saturated rings. The highest BCUT2D eigenvalue weighted by Crippen LogP contribution is 2.20. The van der Waals surface area contributed by atoms with Gasteiger partial charge in [0.25, 0.3) is 5.91 Å². The third kappa shape index (κ3) is 4.47. The zero-order valence-electron chi connectivity index (χ0n) is 14.8. The molecule has 0 atom stereocenters. The molecule has 0 spiro atoms. The average molecular weight is 358 g/mol. The molecule has 0 radical (unpaired) electrons.